The second-order valence-corrected chi connectivity index (χ2v) is 6.33. The summed E-state index contributed by atoms with van der Waals surface area (Å²) in [5.74, 6) is 2.58. The van der Waals surface area contributed by atoms with Crippen LogP contribution in [0.15, 0.2) is 12.1 Å². The molecule has 2 bridgehead atoms. The van der Waals surface area contributed by atoms with Crippen molar-refractivity contribution < 1.29 is 4.74 Å². The summed E-state index contributed by atoms with van der Waals surface area (Å²) in [7, 11) is 0. The van der Waals surface area contributed by atoms with Crippen LogP contribution < -0.4 is 4.90 Å². The fraction of sp³-hybridized carbons (Fsp3) is 0.733. The molecule has 2 aliphatic carbocycles. The number of nitrogens with zero attached hydrogens (tertiary/aromatic N) is 3. The lowest BCUT2D eigenvalue weighted by atomic mass is 10.1. The van der Waals surface area contributed by atoms with Gasteiger partial charge in [-0.05, 0) is 50.7 Å². The van der Waals surface area contributed by atoms with Crippen LogP contribution in [0.3, 0.4) is 0 Å². The summed E-state index contributed by atoms with van der Waals surface area (Å²) < 4.78 is 6.20. The maximum absolute atomic E-state index is 6.20. The second kappa shape index (κ2) is 4.44. The first-order valence-corrected chi connectivity index (χ1v) is 7.50. The van der Waals surface area contributed by atoms with Gasteiger partial charge >= 0.3 is 0 Å². The molecule has 4 nitrogen and oxygen atoms in total. The Labute approximate surface area is 114 Å². The number of ether oxygens (including phenoxy) is 1. The lowest BCUT2D eigenvalue weighted by Crippen LogP contribution is -2.36. The number of aromatic nitrogens is 2. The van der Waals surface area contributed by atoms with Gasteiger partial charge in [0.2, 0.25) is 0 Å². The van der Waals surface area contributed by atoms with E-state index >= 15 is 0 Å². The molecule has 1 aromatic heterocycles. The van der Waals surface area contributed by atoms with Crippen molar-refractivity contribution in [3.63, 3.8) is 0 Å². The van der Waals surface area contributed by atoms with Crippen LogP contribution in [-0.4, -0.2) is 35.5 Å². The first kappa shape index (κ1) is 11.6. The Morgan fingerprint density at radius 3 is 2.84 bits per heavy atom. The minimum atomic E-state index is 0.434. The van der Waals surface area contributed by atoms with Crippen molar-refractivity contribution in [1.29, 1.82) is 0 Å². The van der Waals surface area contributed by atoms with E-state index < -0.39 is 0 Å². The Bertz CT molecular complexity index is 457. The van der Waals surface area contributed by atoms with Crippen LogP contribution in [0.1, 0.15) is 31.4 Å². The van der Waals surface area contributed by atoms with Crippen molar-refractivity contribution in [3.8, 4) is 0 Å². The SMILES string of the molecule is Cc1ccc(N2C[C@H]3CC[C@H]2[C@@H]3OCC2CC2)nn1. The molecule has 0 N–H and O–H groups in total. The minimum absolute atomic E-state index is 0.434. The second-order valence-electron chi connectivity index (χ2n) is 6.33. The first-order chi connectivity index (χ1) is 9.31. The fourth-order valence-corrected chi connectivity index (χ4v) is 3.53. The molecule has 1 saturated heterocycles. The molecule has 1 aliphatic heterocycles. The first-order valence-electron chi connectivity index (χ1n) is 7.50. The van der Waals surface area contributed by atoms with E-state index in [0.29, 0.717) is 18.1 Å². The standard InChI is InChI=1S/C15H21N3O/c1-10-2-7-14(17-16-10)18-8-12-5-6-13(18)15(12)19-9-11-3-4-11/h2,7,11-13,15H,3-6,8-9H2,1H3/t12-,13+,15-/m1/s1. The highest BCUT2D eigenvalue weighted by Crippen LogP contribution is 2.42. The van der Waals surface area contributed by atoms with E-state index in [0.717, 1.165) is 30.6 Å². The van der Waals surface area contributed by atoms with E-state index in [1.54, 1.807) is 0 Å². The molecule has 0 unspecified atom stereocenters. The molecule has 0 aromatic carbocycles. The highest BCUT2D eigenvalue weighted by Gasteiger charge is 2.48. The van der Waals surface area contributed by atoms with E-state index in [9.17, 15) is 0 Å². The maximum Gasteiger partial charge on any atom is 0.151 e. The summed E-state index contributed by atoms with van der Waals surface area (Å²) in [4.78, 5) is 2.41. The zero-order chi connectivity index (χ0) is 12.8. The molecule has 19 heavy (non-hydrogen) atoms. The van der Waals surface area contributed by atoms with Crippen LogP contribution in [0.5, 0.6) is 0 Å². The molecule has 0 amide bonds. The number of fused-ring (bicyclic) bond motifs is 2. The van der Waals surface area contributed by atoms with Gasteiger partial charge < -0.3 is 9.64 Å². The van der Waals surface area contributed by atoms with Crippen molar-refractivity contribution in [1.82, 2.24) is 10.2 Å². The number of rotatable bonds is 4. The molecule has 4 rings (SSSR count). The van der Waals surface area contributed by atoms with Gasteiger partial charge in [0, 0.05) is 19.1 Å². The fourth-order valence-electron chi connectivity index (χ4n) is 3.53. The Hall–Kier alpha value is -1.16. The van der Waals surface area contributed by atoms with E-state index in [-0.39, 0.29) is 0 Å². The third-order valence-corrected chi connectivity index (χ3v) is 4.81. The van der Waals surface area contributed by atoms with Gasteiger partial charge in [-0.3, -0.25) is 0 Å². The molecular formula is C15H21N3O. The number of hydrogen-bond donors (Lipinski definition) is 0. The lowest BCUT2D eigenvalue weighted by molar-refractivity contribution is 0.0323. The largest absolute Gasteiger partial charge is 0.375 e. The molecule has 3 aliphatic rings. The van der Waals surface area contributed by atoms with Crippen LogP contribution in [0.4, 0.5) is 5.82 Å². The Balaban J connectivity index is 1.48. The van der Waals surface area contributed by atoms with Gasteiger partial charge in [-0.25, -0.2) is 0 Å². The van der Waals surface area contributed by atoms with Gasteiger partial charge in [-0.15, -0.1) is 5.10 Å². The van der Waals surface area contributed by atoms with Gasteiger partial charge in [0.05, 0.1) is 17.8 Å². The minimum Gasteiger partial charge on any atom is -0.375 e. The monoisotopic (exact) mass is 259 g/mol. The van der Waals surface area contributed by atoms with E-state index in [1.807, 2.05) is 13.0 Å². The predicted molar refractivity (Wildman–Crippen MR) is 73.1 cm³/mol. The maximum atomic E-state index is 6.20. The summed E-state index contributed by atoms with van der Waals surface area (Å²) in [6.45, 7) is 4.05. The van der Waals surface area contributed by atoms with Crippen LogP contribution in [0, 0.1) is 18.8 Å². The zero-order valence-corrected chi connectivity index (χ0v) is 11.5. The van der Waals surface area contributed by atoms with E-state index in [2.05, 4.69) is 21.2 Å². The van der Waals surface area contributed by atoms with Crippen molar-refractivity contribution in [2.75, 3.05) is 18.1 Å². The van der Waals surface area contributed by atoms with Crippen molar-refractivity contribution in [2.45, 2.75) is 44.8 Å². The third-order valence-electron chi connectivity index (χ3n) is 4.81. The van der Waals surface area contributed by atoms with Crippen LogP contribution in [0.2, 0.25) is 0 Å². The molecule has 3 fully saturated rings. The molecule has 1 aromatic rings. The highest BCUT2D eigenvalue weighted by molar-refractivity contribution is 5.42. The molecule has 2 heterocycles. The summed E-state index contributed by atoms with van der Waals surface area (Å²) >= 11 is 0. The van der Waals surface area contributed by atoms with Crippen LogP contribution >= 0.6 is 0 Å². The number of hydrogen-bond acceptors (Lipinski definition) is 4. The van der Waals surface area contributed by atoms with E-state index in [4.69, 9.17) is 4.74 Å². The zero-order valence-electron chi connectivity index (χ0n) is 11.5. The summed E-state index contributed by atoms with van der Waals surface area (Å²) in [5, 5.41) is 8.53. The smallest absolute Gasteiger partial charge is 0.151 e. The quantitative estimate of drug-likeness (QED) is 0.830. The molecular weight excluding hydrogens is 238 g/mol. The predicted octanol–water partition coefficient (Wildman–Crippen LogP) is 2.18. The number of piperidine rings is 1. The van der Waals surface area contributed by atoms with Gasteiger partial charge in [0.15, 0.2) is 5.82 Å². The molecule has 4 heteroatoms. The van der Waals surface area contributed by atoms with Crippen molar-refractivity contribution >= 4 is 5.82 Å². The topological polar surface area (TPSA) is 38.2 Å². The van der Waals surface area contributed by atoms with E-state index in [1.165, 1.54) is 25.7 Å². The normalized spacial score (nSPS) is 33.1. The summed E-state index contributed by atoms with van der Waals surface area (Å²) in [6.07, 6.45) is 5.74. The summed E-state index contributed by atoms with van der Waals surface area (Å²) in [5.41, 5.74) is 0.981. The van der Waals surface area contributed by atoms with Gasteiger partial charge in [0.25, 0.3) is 0 Å². The molecule has 102 valence electrons. The number of anilines is 1. The van der Waals surface area contributed by atoms with Gasteiger partial charge in [-0.2, -0.15) is 5.10 Å². The Morgan fingerprint density at radius 2 is 2.11 bits per heavy atom. The Kier molecular flexibility index (Phi) is 2.72. The molecule has 0 spiro atoms. The Morgan fingerprint density at radius 1 is 1.21 bits per heavy atom. The third kappa shape index (κ3) is 2.12. The van der Waals surface area contributed by atoms with Crippen molar-refractivity contribution in [2.24, 2.45) is 11.8 Å². The summed E-state index contributed by atoms with van der Waals surface area (Å²) in [6, 6.07) is 4.68. The average Bonchev–Trinajstić information content (AvgIpc) is 3.11. The van der Waals surface area contributed by atoms with Gasteiger partial charge in [0.1, 0.15) is 0 Å². The lowest BCUT2D eigenvalue weighted by Gasteiger charge is -2.27. The van der Waals surface area contributed by atoms with Crippen molar-refractivity contribution in [3.05, 3.63) is 17.8 Å². The van der Waals surface area contributed by atoms with Crippen LogP contribution in [0.25, 0.3) is 0 Å². The molecule has 0 radical (unpaired) electrons. The molecule has 2 saturated carbocycles. The molecule has 3 atom stereocenters. The van der Waals surface area contributed by atoms with Crippen LogP contribution in [-0.2, 0) is 4.74 Å². The number of aryl methyl sites for hydroxylation is 1. The average molecular weight is 259 g/mol. The van der Waals surface area contributed by atoms with Gasteiger partial charge in [-0.1, -0.05) is 0 Å². The highest BCUT2D eigenvalue weighted by atomic mass is 16.5.